The van der Waals surface area contributed by atoms with E-state index in [1.807, 2.05) is 22.0 Å². The highest BCUT2D eigenvalue weighted by Gasteiger charge is 2.30. The van der Waals surface area contributed by atoms with Gasteiger partial charge in [-0.2, -0.15) is 5.10 Å². The molecule has 3 saturated heterocycles. The first-order valence-corrected chi connectivity index (χ1v) is 8.66. The summed E-state index contributed by atoms with van der Waals surface area (Å²) in [6.45, 7) is 9.05. The third-order valence-electron chi connectivity index (χ3n) is 5.12. The summed E-state index contributed by atoms with van der Waals surface area (Å²) in [6, 6.07) is 0.450. The van der Waals surface area contributed by atoms with Crippen LogP contribution in [-0.2, 0) is 9.53 Å². The van der Waals surface area contributed by atoms with E-state index in [0.717, 1.165) is 71.1 Å². The van der Waals surface area contributed by atoms with Gasteiger partial charge in [0.1, 0.15) is 0 Å². The lowest BCUT2D eigenvalue weighted by molar-refractivity contribution is -0.117. The summed E-state index contributed by atoms with van der Waals surface area (Å²) in [7, 11) is 0. The minimum atomic E-state index is 0.227. The number of ether oxygens (including phenoxy) is 1. The highest BCUT2D eigenvalue weighted by atomic mass is 16.5. The fourth-order valence-corrected chi connectivity index (χ4v) is 3.59. The number of hydrogen-bond donors (Lipinski definition) is 0. The van der Waals surface area contributed by atoms with E-state index in [1.54, 1.807) is 0 Å². The first-order valence-electron chi connectivity index (χ1n) is 8.66. The minimum Gasteiger partial charge on any atom is -0.379 e. The Labute approximate surface area is 136 Å². The molecule has 0 aliphatic carbocycles. The molecule has 0 unspecified atom stereocenters. The second kappa shape index (κ2) is 6.59. The van der Waals surface area contributed by atoms with Gasteiger partial charge in [-0.05, 0) is 6.42 Å². The van der Waals surface area contributed by atoms with Crippen molar-refractivity contribution in [1.29, 1.82) is 0 Å². The molecule has 0 N–H and O–H groups in total. The first kappa shape index (κ1) is 15.1. The highest BCUT2D eigenvalue weighted by Crippen LogP contribution is 2.25. The second-order valence-corrected chi connectivity index (χ2v) is 6.69. The third kappa shape index (κ3) is 3.27. The molecule has 4 heterocycles. The van der Waals surface area contributed by atoms with Crippen molar-refractivity contribution < 1.29 is 9.53 Å². The summed E-state index contributed by atoms with van der Waals surface area (Å²) in [5.41, 5.74) is 0.958. The minimum absolute atomic E-state index is 0.227. The molecule has 0 bridgehead atoms. The molecule has 7 heteroatoms. The fourth-order valence-electron chi connectivity index (χ4n) is 3.59. The van der Waals surface area contributed by atoms with Gasteiger partial charge in [-0.3, -0.25) is 19.3 Å². The molecule has 23 heavy (non-hydrogen) atoms. The van der Waals surface area contributed by atoms with Gasteiger partial charge < -0.3 is 9.64 Å². The first-order chi connectivity index (χ1) is 11.3. The van der Waals surface area contributed by atoms with Crippen LogP contribution >= 0.6 is 0 Å². The zero-order valence-corrected chi connectivity index (χ0v) is 13.6. The molecular weight excluding hydrogens is 294 g/mol. The summed E-state index contributed by atoms with van der Waals surface area (Å²) in [4.78, 5) is 18.6. The zero-order chi connectivity index (χ0) is 15.6. The van der Waals surface area contributed by atoms with Crippen molar-refractivity contribution in [3.63, 3.8) is 0 Å². The predicted octanol–water partition coefficient (Wildman–Crippen LogP) is 0.199. The number of anilines is 1. The topological polar surface area (TPSA) is 53.8 Å². The van der Waals surface area contributed by atoms with E-state index in [2.05, 4.69) is 14.9 Å². The summed E-state index contributed by atoms with van der Waals surface area (Å²) >= 11 is 0. The highest BCUT2D eigenvalue weighted by molar-refractivity contribution is 5.95. The lowest BCUT2D eigenvalue weighted by atomic mass is 10.1. The van der Waals surface area contributed by atoms with Crippen molar-refractivity contribution in [2.24, 2.45) is 0 Å². The van der Waals surface area contributed by atoms with E-state index in [4.69, 9.17) is 4.74 Å². The molecule has 0 spiro atoms. The van der Waals surface area contributed by atoms with E-state index in [-0.39, 0.29) is 5.91 Å². The Kier molecular flexibility index (Phi) is 4.33. The molecule has 1 aromatic heterocycles. The molecule has 1 aromatic rings. The largest absolute Gasteiger partial charge is 0.379 e. The van der Waals surface area contributed by atoms with Gasteiger partial charge in [-0.1, -0.05) is 0 Å². The summed E-state index contributed by atoms with van der Waals surface area (Å²) in [5, 5.41) is 4.47. The van der Waals surface area contributed by atoms with Crippen molar-refractivity contribution in [2.75, 3.05) is 63.9 Å². The van der Waals surface area contributed by atoms with E-state index >= 15 is 0 Å². The van der Waals surface area contributed by atoms with Gasteiger partial charge in [0.2, 0.25) is 5.91 Å². The number of carbonyl (C=O) groups excluding carboxylic acids is 1. The maximum atomic E-state index is 11.8. The molecule has 3 fully saturated rings. The molecule has 0 saturated carbocycles. The number of rotatable bonds is 5. The second-order valence-electron chi connectivity index (χ2n) is 6.69. The lowest BCUT2D eigenvalue weighted by Gasteiger charge is -2.40. The molecule has 1 amide bonds. The average Bonchev–Trinajstić information content (AvgIpc) is 3.15. The number of likely N-dealkylation sites (tertiary alicyclic amines) is 1. The number of amides is 1. The van der Waals surface area contributed by atoms with Crippen LogP contribution in [0.15, 0.2) is 12.4 Å². The van der Waals surface area contributed by atoms with Crippen LogP contribution in [0.4, 0.5) is 5.69 Å². The van der Waals surface area contributed by atoms with Crippen LogP contribution in [0, 0.1) is 0 Å². The molecule has 0 atom stereocenters. The van der Waals surface area contributed by atoms with E-state index < -0.39 is 0 Å². The Morgan fingerprint density at radius 2 is 1.91 bits per heavy atom. The Morgan fingerprint density at radius 1 is 1.13 bits per heavy atom. The van der Waals surface area contributed by atoms with Crippen LogP contribution in [0.1, 0.15) is 18.9 Å². The maximum absolute atomic E-state index is 11.8. The summed E-state index contributed by atoms with van der Waals surface area (Å²) in [5.74, 6) is 0.227. The van der Waals surface area contributed by atoms with Gasteiger partial charge >= 0.3 is 0 Å². The normalized spacial score (nSPS) is 24.3. The Morgan fingerprint density at radius 3 is 2.65 bits per heavy atom. The Balaban J connectivity index is 1.24. The van der Waals surface area contributed by atoms with Crippen molar-refractivity contribution >= 4 is 11.6 Å². The third-order valence-corrected chi connectivity index (χ3v) is 5.12. The summed E-state index contributed by atoms with van der Waals surface area (Å²) < 4.78 is 7.41. The quantitative estimate of drug-likeness (QED) is 0.776. The van der Waals surface area contributed by atoms with Crippen molar-refractivity contribution in [3.05, 3.63) is 12.4 Å². The fraction of sp³-hybridized carbons (Fsp3) is 0.750. The number of carbonyl (C=O) groups is 1. The zero-order valence-electron chi connectivity index (χ0n) is 13.6. The van der Waals surface area contributed by atoms with Gasteiger partial charge in [0.05, 0.1) is 31.1 Å². The van der Waals surface area contributed by atoms with Gasteiger partial charge in [0.15, 0.2) is 0 Å². The van der Waals surface area contributed by atoms with E-state index in [1.165, 1.54) is 0 Å². The number of aromatic nitrogens is 2. The molecule has 0 radical (unpaired) electrons. The maximum Gasteiger partial charge on any atom is 0.227 e. The monoisotopic (exact) mass is 319 g/mol. The van der Waals surface area contributed by atoms with Crippen molar-refractivity contribution in [2.45, 2.75) is 18.9 Å². The summed E-state index contributed by atoms with van der Waals surface area (Å²) in [6.07, 6.45) is 5.50. The van der Waals surface area contributed by atoms with Crippen LogP contribution in [-0.4, -0.2) is 84.5 Å². The molecule has 7 nitrogen and oxygen atoms in total. The smallest absolute Gasteiger partial charge is 0.227 e. The SMILES string of the molecule is O=C1CCCN1c1cnn(C2CN(CCN3CCOCC3)C2)c1. The van der Waals surface area contributed by atoms with E-state index in [0.29, 0.717) is 12.5 Å². The molecular formula is C16H25N5O2. The molecule has 0 aromatic carbocycles. The molecule has 126 valence electrons. The van der Waals surface area contributed by atoms with Gasteiger partial charge in [-0.25, -0.2) is 0 Å². The van der Waals surface area contributed by atoms with Crippen LogP contribution in [0.5, 0.6) is 0 Å². The number of hydrogen-bond acceptors (Lipinski definition) is 5. The molecule has 3 aliphatic heterocycles. The van der Waals surface area contributed by atoms with Crippen LogP contribution in [0.3, 0.4) is 0 Å². The van der Waals surface area contributed by atoms with Gasteiger partial charge in [-0.15, -0.1) is 0 Å². The average molecular weight is 319 g/mol. The predicted molar refractivity (Wildman–Crippen MR) is 86.6 cm³/mol. The van der Waals surface area contributed by atoms with Crippen molar-refractivity contribution in [1.82, 2.24) is 19.6 Å². The van der Waals surface area contributed by atoms with Crippen molar-refractivity contribution in [3.8, 4) is 0 Å². The molecule has 4 rings (SSSR count). The lowest BCUT2D eigenvalue weighted by Crippen LogP contribution is -2.51. The Hall–Kier alpha value is -1.44. The van der Waals surface area contributed by atoms with Crippen LogP contribution in [0.2, 0.25) is 0 Å². The molecule has 3 aliphatic rings. The Bertz CT molecular complexity index is 548. The standard InChI is InChI=1S/C16H25N5O2/c22-16-2-1-3-20(16)14-10-17-21(13-14)15-11-19(12-15)5-4-18-6-8-23-9-7-18/h10,13,15H,1-9,11-12H2. The number of nitrogens with zero attached hydrogens (tertiary/aromatic N) is 5. The van der Waals surface area contributed by atoms with Gasteiger partial charge in [0, 0.05) is 58.4 Å². The number of morpholine rings is 1. The van der Waals surface area contributed by atoms with Gasteiger partial charge in [0.25, 0.3) is 0 Å². The van der Waals surface area contributed by atoms with Crippen LogP contribution in [0.25, 0.3) is 0 Å². The van der Waals surface area contributed by atoms with E-state index in [9.17, 15) is 4.79 Å². The van der Waals surface area contributed by atoms with Crippen LogP contribution < -0.4 is 4.90 Å².